The molecule has 0 aliphatic carbocycles. The molecule has 0 fully saturated rings. The van der Waals surface area contributed by atoms with E-state index < -0.39 is 5.82 Å². The van der Waals surface area contributed by atoms with Crippen LogP contribution in [0.25, 0.3) is 0 Å². The second kappa shape index (κ2) is 4.41. The first-order valence-corrected chi connectivity index (χ1v) is 6.76. The molecule has 5 heteroatoms. The maximum atomic E-state index is 13.9. The molecule has 0 aromatic heterocycles. The molecule has 2 aliphatic heterocycles. The molecular weight excluding hydrogens is 269 g/mol. The first kappa shape index (κ1) is 12.1. The number of amides is 1. The van der Waals surface area contributed by atoms with Crippen LogP contribution in [0.3, 0.4) is 0 Å². The Bertz CT molecular complexity index is 772. The number of benzene rings is 2. The number of halogens is 1. The number of carbonyl (C=O) groups excluding carboxylic acids is 1. The topological polar surface area (TPSA) is 44.7 Å². The van der Waals surface area contributed by atoms with Gasteiger partial charge in [0, 0.05) is 17.8 Å². The fraction of sp³-hybridized carbons (Fsp3) is 0.125. The average molecular weight is 281 g/mol. The Balaban J connectivity index is 1.83. The molecule has 2 aliphatic rings. The van der Waals surface area contributed by atoms with Crippen LogP contribution in [0.1, 0.15) is 5.56 Å². The summed E-state index contributed by atoms with van der Waals surface area (Å²) in [5.74, 6) is -1.01. The predicted octanol–water partition coefficient (Wildman–Crippen LogP) is 2.62. The van der Waals surface area contributed by atoms with Gasteiger partial charge in [0.2, 0.25) is 0 Å². The summed E-state index contributed by atoms with van der Waals surface area (Å²) in [6.45, 7) is 0.486. The number of rotatable bonds is 1. The highest BCUT2D eigenvalue weighted by Gasteiger charge is 2.40. The first-order chi connectivity index (χ1) is 10.3. The Kier molecular flexibility index (Phi) is 2.54. The van der Waals surface area contributed by atoms with Crippen LogP contribution in [0.15, 0.2) is 53.6 Å². The lowest BCUT2D eigenvalue weighted by Crippen LogP contribution is -2.35. The van der Waals surface area contributed by atoms with E-state index in [1.165, 1.54) is 11.1 Å². The molecule has 0 bridgehead atoms. The zero-order valence-corrected chi connectivity index (χ0v) is 11.1. The highest BCUT2D eigenvalue weighted by atomic mass is 19.1. The number of para-hydroxylation sites is 2. The van der Waals surface area contributed by atoms with Crippen molar-refractivity contribution in [3.63, 3.8) is 0 Å². The third kappa shape index (κ3) is 1.74. The highest BCUT2D eigenvalue weighted by Crippen LogP contribution is 2.33. The van der Waals surface area contributed by atoms with Crippen molar-refractivity contribution in [1.29, 1.82) is 0 Å². The van der Waals surface area contributed by atoms with Crippen LogP contribution in [0, 0.1) is 11.7 Å². The molecule has 0 spiro atoms. The van der Waals surface area contributed by atoms with Crippen LogP contribution in [-0.2, 0) is 4.79 Å². The van der Waals surface area contributed by atoms with Gasteiger partial charge in [0.25, 0.3) is 5.91 Å². The van der Waals surface area contributed by atoms with Crippen LogP contribution in [0.2, 0.25) is 0 Å². The van der Waals surface area contributed by atoms with Crippen LogP contribution in [0.4, 0.5) is 15.8 Å². The summed E-state index contributed by atoms with van der Waals surface area (Å²) in [6.07, 6.45) is 0. The SMILES string of the molecule is O=C1C2CNc3ccccc3C2=NN1c1ccccc1F. The summed E-state index contributed by atoms with van der Waals surface area (Å²) in [5, 5.41) is 8.79. The molecule has 21 heavy (non-hydrogen) atoms. The quantitative estimate of drug-likeness (QED) is 0.873. The summed E-state index contributed by atoms with van der Waals surface area (Å²) >= 11 is 0. The lowest BCUT2D eigenvalue weighted by atomic mass is 9.92. The van der Waals surface area contributed by atoms with Crippen LogP contribution >= 0.6 is 0 Å². The lowest BCUT2D eigenvalue weighted by Gasteiger charge is -2.22. The summed E-state index contributed by atoms with van der Waals surface area (Å²) < 4.78 is 13.9. The summed E-state index contributed by atoms with van der Waals surface area (Å²) in [5.41, 5.74) is 2.76. The summed E-state index contributed by atoms with van der Waals surface area (Å²) in [7, 11) is 0. The van der Waals surface area contributed by atoms with Crippen LogP contribution in [-0.4, -0.2) is 18.2 Å². The van der Waals surface area contributed by atoms with E-state index in [0.717, 1.165) is 11.3 Å². The maximum absolute atomic E-state index is 13.9. The van der Waals surface area contributed by atoms with E-state index in [9.17, 15) is 9.18 Å². The van der Waals surface area contributed by atoms with Crippen molar-refractivity contribution < 1.29 is 9.18 Å². The molecule has 4 rings (SSSR count). The van der Waals surface area contributed by atoms with Gasteiger partial charge in [-0.05, 0) is 18.2 Å². The minimum absolute atomic E-state index is 0.196. The number of hydrazone groups is 1. The van der Waals surface area contributed by atoms with Gasteiger partial charge in [-0.2, -0.15) is 10.1 Å². The molecule has 0 radical (unpaired) electrons. The highest BCUT2D eigenvalue weighted by molar-refractivity contribution is 6.24. The fourth-order valence-electron chi connectivity index (χ4n) is 2.79. The number of carbonyl (C=O) groups is 1. The normalized spacial score (nSPS) is 19.7. The largest absolute Gasteiger partial charge is 0.383 e. The minimum Gasteiger partial charge on any atom is -0.383 e. The van der Waals surface area contributed by atoms with Crippen LogP contribution in [0.5, 0.6) is 0 Å². The summed E-state index contributed by atoms with van der Waals surface area (Å²) in [4.78, 5) is 12.5. The molecule has 1 unspecified atom stereocenters. The fourth-order valence-corrected chi connectivity index (χ4v) is 2.79. The molecule has 1 amide bonds. The van der Waals surface area contributed by atoms with E-state index >= 15 is 0 Å². The van der Waals surface area contributed by atoms with Gasteiger partial charge in [-0.15, -0.1) is 0 Å². The van der Waals surface area contributed by atoms with Crippen molar-refractivity contribution in [1.82, 2.24) is 0 Å². The van der Waals surface area contributed by atoms with Crippen molar-refractivity contribution in [3.8, 4) is 0 Å². The standard InChI is InChI=1S/C16H12FN3O/c17-12-6-2-4-8-14(12)20-16(21)11-9-18-13-7-3-1-5-10(13)15(11)19-20/h1-8,11,18H,9H2. The second-order valence-electron chi connectivity index (χ2n) is 5.07. The van der Waals surface area contributed by atoms with E-state index in [2.05, 4.69) is 10.4 Å². The third-order valence-electron chi connectivity index (χ3n) is 3.82. The zero-order chi connectivity index (χ0) is 14.4. The molecule has 2 aromatic rings. The first-order valence-electron chi connectivity index (χ1n) is 6.76. The minimum atomic E-state index is -0.449. The number of hydrogen-bond acceptors (Lipinski definition) is 3. The molecule has 2 aromatic carbocycles. The van der Waals surface area contributed by atoms with E-state index in [0.29, 0.717) is 12.3 Å². The Morgan fingerprint density at radius 3 is 2.76 bits per heavy atom. The van der Waals surface area contributed by atoms with Gasteiger partial charge >= 0.3 is 0 Å². The van der Waals surface area contributed by atoms with Crippen molar-refractivity contribution in [2.75, 3.05) is 16.9 Å². The maximum Gasteiger partial charge on any atom is 0.258 e. The number of nitrogens with zero attached hydrogens (tertiary/aromatic N) is 2. The Morgan fingerprint density at radius 1 is 1.14 bits per heavy atom. The van der Waals surface area contributed by atoms with E-state index in [-0.39, 0.29) is 17.5 Å². The average Bonchev–Trinajstić information content (AvgIpc) is 2.85. The van der Waals surface area contributed by atoms with E-state index in [1.807, 2.05) is 24.3 Å². The number of fused-ring (bicyclic) bond motifs is 3. The lowest BCUT2D eigenvalue weighted by molar-refractivity contribution is -0.119. The van der Waals surface area contributed by atoms with Gasteiger partial charge in [0.05, 0.1) is 5.71 Å². The zero-order valence-electron chi connectivity index (χ0n) is 11.1. The predicted molar refractivity (Wildman–Crippen MR) is 78.8 cm³/mol. The smallest absolute Gasteiger partial charge is 0.258 e. The third-order valence-corrected chi connectivity index (χ3v) is 3.82. The number of anilines is 2. The molecule has 2 heterocycles. The van der Waals surface area contributed by atoms with Gasteiger partial charge in [-0.1, -0.05) is 30.3 Å². The van der Waals surface area contributed by atoms with E-state index in [4.69, 9.17) is 0 Å². The molecule has 1 N–H and O–H groups in total. The van der Waals surface area contributed by atoms with Crippen LogP contribution < -0.4 is 10.3 Å². The molecular formula is C16H12FN3O. The van der Waals surface area contributed by atoms with Gasteiger partial charge in [-0.25, -0.2) is 4.39 Å². The number of nitrogens with one attached hydrogen (secondary N) is 1. The number of hydrogen-bond donors (Lipinski definition) is 1. The van der Waals surface area contributed by atoms with Crippen molar-refractivity contribution >= 4 is 23.0 Å². The van der Waals surface area contributed by atoms with Crippen molar-refractivity contribution in [2.24, 2.45) is 11.0 Å². The van der Waals surface area contributed by atoms with E-state index in [1.54, 1.807) is 18.2 Å². The van der Waals surface area contributed by atoms with Crippen molar-refractivity contribution in [3.05, 3.63) is 59.9 Å². The molecule has 104 valence electrons. The second-order valence-corrected chi connectivity index (χ2v) is 5.07. The molecule has 0 saturated heterocycles. The summed E-state index contributed by atoms with van der Waals surface area (Å²) in [6, 6.07) is 13.9. The van der Waals surface area contributed by atoms with Gasteiger partial charge in [0.1, 0.15) is 17.4 Å². The van der Waals surface area contributed by atoms with Gasteiger partial charge in [-0.3, -0.25) is 4.79 Å². The monoisotopic (exact) mass is 281 g/mol. The van der Waals surface area contributed by atoms with Gasteiger partial charge < -0.3 is 5.32 Å². The Morgan fingerprint density at radius 2 is 1.90 bits per heavy atom. The van der Waals surface area contributed by atoms with Crippen molar-refractivity contribution in [2.45, 2.75) is 0 Å². The van der Waals surface area contributed by atoms with Gasteiger partial charge in [0.15, 0.2) is 0 Å². The molecule has 1 atom stereocenters. The Labute approximate surface area is 120 Å². The molecule has 0 saturated carbocycles. The molecule has 4 nitrogen and oxygen atoms in total. The Hall–Kier alpha value is -2.69.